The third kappa shape index (κ3) is 12.7. The molecule has 66 heavy (non-hydrogen) atoms. The van der Waals surface area contributed by atoms with Crippen molar-refractivity contribution >= 4 is 53.8 Å². The van der Waals surface area contributed by atoms with E-state index in [4.69, 9.17) is 0 Å². The number of carbonyl (C=O) groups is 6. The van der Waals surface area contributed by atoms with Crippen LogP contribution >= 0.6 is 0 Å². The van der Waals surface area contributed by atoms with E-state index in [1.807, 2.05) is 0 Å². The Labute approximate surface area is 386 Å². The Hall–Kier alpha value is -4.66. The Morgan fingerprint density at radius 3 is 2.15 bits per heavy atom. The molecule has 4 aliphatic carbocycles. The summed E-state index contributed by atoms with van der Waals surface area (Å²) >= 11 is 0. The minimum Gasteiger partial charge on any atom is -0.480 e. The van der Waals surface area contributed by atoms with E-state index in [-0.39, 0.29) is 60.7 Å². The molecule has 4 fully saturated rings. The van der Waals surface area contributed by atoms with E-state index in [0.717, 1.165) is 55.7 Å². The molecule has 0 aliphatic heterocycles. The number of rotatable bonds is 23. The Morgan fingerprint density at radius 1 is 0.803 bits per heavy atom. The maximum Gasteiger partial charge on any atom is 0.488 e. The van der Waals surface area contributed by atoms with E-state index >= 15 is 0 Å². The minimum absolute atomic E-state index is 0.0859. The average molecular weight is 927 g/mol. The van der Waals surface area contributed by atoms with Gasteiger partial charge in [0, 0.05) is 43.6 Å². The van der Waals surface area contributed by atoms with Gasteiger partial charge in [0.1, 0.15) is 12.1 Å². The van der Waals surface area contributed by atoms with Crippen molar-refractivity contribution in [3.63, 3.8) is 0 Å². The fourth-order valence-corrected chi connectivity index (χ4v) is 12.6. The lowest BCUT2D eigenvalue weighted by atomic mass is 9.44. The number of carboxylic acid groups (broad SMARTS) is 2. The second-order valence-corrected chi connectivity index (χ2v) is 20.1. The number of nitro benzene ring substituents is 1. The summed E-state index contributed by atoms with van der Waals surface area (Å²) in [6.45, 7) is 6.85. The molecule has 0 radical (unpaired) electrons. The Bertz CT molecular complexity index is 1940. The molecule has 10 N–H and O–H groups in total. The lowest BCUT2D eigenvalue weighted by Crippen LogP contribution is -2.54. The molecule has 1 aromatic rings. The fraction of sp³-hybridized carbons (Fsp3) is 0.739. The van der Waals surface area contributed by atoms with Crippen LogP contribution in [0.25, 0.3) is 0 Å². The number of amides is 4. The second kappa shape index (κ2) is 22.9. The van der Waals surface area contributed by atoms with Crippen molar-refractivity contribution in [2.75, 3.05) is 20.1 Å². The van der Waals surface area contributed by atoms with Crippen molar-refractivity contribution < 1.29 is 59.1 Å². The summed E-state index contributed by atoms with van der Waals surface area (Å²) in [5.41, 5.74) is -0.694. The maximum atomic E-state index is 13.1. The molecule has 0 heterocycles. The van der Waals surface area contributed by atoms with Gasteiger partial charge >= 0.3 is 19.1 Å². The van der Waals surface area contributed by atoms with Gasteiger partial charge in [-0.1, -0.05) is 20.8 Å². The molecule has 0 aromatic heterocycles. The van der Waals surface area contributed by atoms with Gasteiger partial charge in [0.05, 0.1) is 17.1 Å². The van der Waals surface area contributed by atoms with Crippen molar-refractivity contribution in [3.8, 4) is 0 Å². The number of hydrogen-bond acceptors (Lipinski definition) is 12. The van der Waals surface area contributed by atoms with Gasteiger partial charge < -0.3 is 52.0 Å². The lowest BCUT2D eigenvalue weighted by Gasteiger charge is -2.61. The van der Waals surface area contributed by atoms with E-state index in [1.54, 1.807) is 0 Å². The average Bonchev–Trinajstić information content (AvgIpc) is 3.63. The summed E-state index contributed by atoms with van der Waals surface area (Å²) in [6, 6.07) is -0.886. The number of nitrogens with zero attached hydrogens (tertiary/aromatic N) is 1. The Kier molecular flexibility index (Phi) is 18.1. The van der Waals surface area contributed by atoms with Crippen molar-refractivity contribution in [3.05, 3.63) is 33.9 Å². The smallest absolute Gasteiger partial charge is 0.480 e. The molecule has 4 amide bonds. The largest absolute Gasteiger partial charge is 0.488 e. The van der Waals surface area contributed by atoms with Gasteiger partial charge in [0.25, 0.3) is 11.6 Å². The number of aliphatic hydroxyl groups is 1. The number of nitro groups is 1. The molecular weight excluding hydrogens is 855 g/mol. The molecule has 19 nitrogen and oxygen atoms in total. The highest BCUT2D eigenvalue weighted by Gasteiger charge is 2.60. The molecule has 8 unspecified atom stereocenters. The van der Waals surface area contributed by atoms with Crippen molar-refractivity contribution in [1.82, 2.24) is 26.6 Å². The maximum absolute atomic E-state index is 13.1. The van der Waals surface area contributed by atoms with E-state index in [2.05, 4.69) is 47.4 Å². The Balaban J connectivity index is 0.986. The van der Waals surface area contributed by atoms with Crippen LogP contribution in [0.3, 0.4) is 0 Å². The molecule has 0 saturated heterocycles. The first kappa shape index (κ1) is 52.3. The number of non-ortho nitro benzene ring substituents is 1. The quantitative estimate of drug-likeness (QED) is 0.0326. The van der Waals surface area contributed by atoms with Crippen LogP contribution in [-0.2, 0) is 24.0 Å². The third-order valence-electron chi connectivity index (χ3n) is 16.2. The van der Waals surface area contributed by atoms with E-state index < -0.39 is 72.1 Å². The predicted molar refractivity (Wildman–Crippen MR) is 243 cm³/mol. The molecule has 5 rings (SSSR count). The van der Waals surface area contributed by atoms with Crippen molar-refractivity contribution in [2.24, 2.45) is 46.3 Å². The van der Waals surface area contributed by atoms with Crippen LogP contribution in [0.15, 0.2) is 18.2 Å². The van der Waals surface area contributed by atoms with Gasteiger partial charge in [-0.3, -0.25) is 29.3 Å². The third-order valence-corrected chi connectivity index (χ3v) is 16.2. The first-order valence-electron chi connectivity index (χ1n) is 23.8. The van der Waals surface area contributed by atoms with Gasteiger partial charge in [0.2, 0.25) is 17.7 Å². The van der Waals surface area contributed by atoms with E-state index in [9.17, 15) is 64.2 Å². The SMILES string of the molecule is CNC(CCCCNC(=O)CCC(NC(=O)CCC(C)C1CCC2C3CC[C@H]4C[C@@H](O)CC[C@@]4(C)C3CC[C@@]12C)C(=O)O)C(=O)NC(CNC(=O)c1cc(B(O)O)cc([N+](=O)[O-])c1)C(=O)O. The zero-order chi connectivity index (χ0) is 48.5. The number of carbonyl (C=O) groups excluding carboxylic acids is 4. The van der Waals surface area contributed by atoms with Gasteiger partial charge in [-0.05, 0) is 155 Å². The number of nitrogens with one attached hydrogen (secondary N) is 5. The predicted octanol–water partition coefficient (Wildman–Crippen LogP) is 2.23. The zero-order valence-electron chi connectivity index (χ0n) is 38.8. The van der Waals surface area contributed by atoms with Crippen LogP contribution < -0.4 is 32.0 Å². The number of aliphatic hydroxyl groups excluding tert-OH is 1. The minimum atomic E-state index is -2.10. The fourth-order valence-electron chi connectivity index (χ4n) is 12.6. The summed E-state index contributed by atoms with van der Waals surface area (Å²) in [5, 5.41) is 72.8. The normalized spacial score (nSPS) is 28.5. The van der Waals surface area contributed by atoms with Crippen LogP contribution in [0.5, 0.6) is 0 Å². The number of likely N-dealkylation sites (N-methyl/N-ethyl adjacent to an activating group) is 1. The van der Waals surface area contributed by atoms with Crippen LogP contribution in [0.1, 0.15) is 134 Å². The highest BCUT2D eigenvalue weighted by molar-refractivity contribution is 6.58. The second-order valence-electron chi connectivity index (χ2n) is 20.1. The lowest BCUT2D eigenvalue weighted by molar-refractivity contribution is -0.384. The highest BCUT2D eigenvalue weighted by Crippen LogP contribution is 2.68. The number of fused-ring (bicyclic) bond motifs is 5. The zero-order valence-corrected chi connectivity index (χ0v) is 38.8. The highest BCUT2D eigenvalue weighted by atomic mass is 16.6. The first-order chi connectivity index (χ1) is 31.2. The van der Waals surface area contributed by atoms with Gasteiger partial charge in [-0.2, -0.15) is 0 Å². The van der Waals surface area contributed by atoms with Gasteiger partial charge in [0.15, 0.2) is 0 Å². The van der Waals surface area contributed by atoms with Gasteiger partial charge in [-0.15, -0.1) is 0 Å². The van der Waals surface area contributed by atoms with Crippen LogP contribution in [0, 0.1) is 56.5 Å². The number of carboxylic acids is 2. The van der Waals surface area contributed by atoms with Crippen LogP contribution in [0.4, 0.5) is 5.69 Å². The van der Waals surface area contributed by atoms with Gasteiger partial charge in [-0.25, -0.2) is 9.59 Å². The molecule has 4 aliphatic rings. The summed E-state index contributed by atoms with van der Waals surface area (Å²) in [5.74, 6) is -1.50. The Morgan fingerprint density at radius 2 is 1.48 bits per heavy atom. The van der Waals surface area contributed by atoms with Crippen molar-refractivity contribution in [1.29, 1.82) is 0 Å². The molecule has 0 bridgehead atoms. The van der Waals surface area contributed by atoms with Crippen molar-refractivity contribution in [2.45, 2.75) is 148 Å². The summed E-state index contributed by atoms with van der Waals surface area (Å²) in [6.07, 6.45) is 11.9. The van der Waals surface area contributed by atoms with Crippen LogP contribution in [0.2, 0.25) is 0 Å². The monoisotopic (exact) mass is 927 g/mol. The standard InChI is InChI=1S/C46H71BN6O13/c1-26(33-11-12-34-32-10-9-28-23-31(54)16-18-45(28,2)35(32)17-19-46(33,34)3)8-14-40(56)51-37(43(59)60)13-15-39(55)49-20-6-5-7-36(48-4)42(58)52-38(44(61)62)25-50-41(57)27-21-29(47(63)64)24-30(22-27)53(65)66/h21-22,24,26,28,31-38,48,54,63-64H,5-20,23,25H2,1-4H3,(H,49,55)(H,50,57)(H,51,56)(H,52,58)(H,59,60)(H,61,62)/t26?,28-,31-,32?,33?,34?,35?,36?,37?,38?,45+,46-/m0/s1. The molecule has 4 saturated carbocycles. The molecule has 12 atom stereocenters. The molecule has 366 valence electrons. The topological polar surface area (TPSA) is 307 Å². The number of aliphatic carboxylic acids is 2. The molecule has 20 heteroatoms. The molecule has 1 aromatic carbocycles. The van der Waals surface area contributed by atoms with E-state index in [1.165, 1.54) is 39.2 Å². The molecular formula is C46H71BN6O13. The number of benzene rings is 1. The number of unbranched alkanes of at least 4 members (excludes halogenated alkanes) is 1. The van der Waals surface area contributed by atoms with E-state index in [0.29, 0.717) is 48.3 Å². The number of hydrogen-bond donors (Lipinski definition) is 10. The summed E-state index contributed by atoms with van der Waals surface area (Å²) in [7, 11) is -0.602. The molecule has 0 spiro atoms. The van der Waals surface area contributed by atoms with Crippen LogP contribution in [-0.4, -0.2) is 117 Å². The summed E-state index contributed by atoms with van der Waals surface area (Å²) < 4.78 is 0. The first-order valence-corrected chi connectivity index (χ1v) is 23.8. The summed E-state index contributed by atoms with van der Waals surface area (Å²) in [4.78, 5) is 85.8.